The molecule has 0 unspecified atom stereocenters. The van der Waals surface area contributed by atoms with Gasteiger partial charge in [0.05, 0.1) is 23.1 Å². The van der Waals surface area contributed by atoms with Crippen LogP contribution in [0.25, 0.3) is 11.0 Å². The fraction of sp³-hybridized carbons (Fsp3) is 0.207. The van der Waals surface area contributed by atoms with Gasteiger partial charge in [0.1, 0.15) is 17.2 Å². The molecule has 4 heterocycles. The van der Waals surface area contributed by atoms with E-state index in [0.29, 0.717) is 36.8 Å². The number of amides is 2. The maximum absolute atomic E-state index is 13.0. The molecule has 11 heteroatoms. The molecular formula is C29H28N8O3. The minimum absolute atomic E-state index is 0.0887. The zero-order valence-electron chi connectivity index (χ0n) is 22.1. The van der Waals surface area contributed by atoms with Crippen molar-refractivity contribution in [2.75, 3.05) is 23.8 Å². The van der Waals surface area contributed by atoms with E-state index in [9.17, 15) is 9.59 Å². The molecule has 0 atom stereocenters. The Kier molecular flexibility index (Phi) is 6.61. The van der Waals surface area contributed by atoms with E-state index in [2.05, 4.69) is 31.7 Å². The second-order valence-electron chi connectivity index (χ2n) is 9.53. The molecule has 40 heavy (non-hydrogen) atoms. The van der Waals surface area contributed by atoms with E-state index in [0.717, 1.165) is 40.1 Å². The molecule has 3 N–H and O–H groups in total. The van der Waals surface area contributed by atoms with Crippen LogP contribution < -0.4 is 20.3 Å². The number of aromatic amines is 1. The second-order valence-corrected chi connectivity index (χ2v) is 9.53. The average molecular weight is 537 g/mol. The van der Waals surface area contributed by atoms with Crippen molar-refractivity contribution in [3.05, 3.63) is 84.2 Å². The summed E-state index contributed by atoms with van der Waals surface area (Å²) in [5.41, 5.74) is 5.76. The highest BCUT2D eigenvalue weighted by Crippen LogP contribution is 2.33. The third kappa shape index (κ3) is 4.96. The van der Waals surface area contributed by atoms with Gasteiger partial charge >= 0.3 is 0 Å². The lowest BCUT2D eigenvalue weighted by molar-refractivity contribution is -0.118. The lowest BCUT2D eigenvalue weighted by Crippen LogP contribution is -2.29. The molecule has 0 fully saturated rings. The van der Waals surface area contributed by atoms with Crippen molar-refractivity contribution < 1.29 is 14.3 Å². The fourth-order valence-electron chi connectivity index (χ4n) is 4.86. The van der Waals surface area contributed by atoms with Gasteiger partial charge in [-0.05, 0) is 48.7 Å². The molecule has 11 nitrogen and oxygen atoms in total. The van der Waals surface area contributed by atoms with Crippen molar-refractivity contribution in [1.29, 1.82) is 0 Å². The van der Waals surface area contributed by atoms with E-state index in [1.165, 1.54) is 6.20 Å². The number of carbonyl (C=O) groups excluding carboxylic acids is 2. The number of benzene rings is 2. The number of hydrogen-bond acceptors (Lipinski definition) is 7. The molecule has 2 amide bonds. The maximum Gasteiger partial charge on any atom is 0.269 e. The average Bonchev–Trinajstić information content (AvgIpc) is 3.71. The van der Waals surface area contributed by atoms with Gasteiger partial charge in [-0.3, -0.25) is 14.6 Å². The highest BCUT2D eigenvalue weighted by molar-refractivity contribution is 5.96. The maximum atomic E-state index is 13.0. The van der Waals surface area contributed by atoms with Crippen molar-refractivity contribution in [1.82, 2.24) is 29.8 Å². The molecule has 0 spiro atoms. The number of nitrogens with zero attached hydrogens (tertiary/aromatic N) is 5. The Morgan fingerprint density at radius 1 is 1.07 bits per heavy atom. The third-order valence-corrected chi connectivity index (χ3v) is 6.97. The topological polar surface area (TPSA) is 130 Å². The molecule has 1 aliphatic heterocycles. The lowest BCUT2D eigenvalue weighted by Gasteiger charge is -2.18. The number of pyridine rings is 1. The number of imidazole rings is 2. The first-order valence-corrected chi connectivity index (χ1v) is 13.0. The van der Waals surface area contributed by atoms with Gasteiger partial charge in [0, 0.05) is 63.0 Å². The van der Waals surface area contributed by atoms with Crippen molar-refractivity contribution in [3.63, 3.8) is 0 Å². The summed E-state index contributed by atoms with van der Waals surface area (Å²) in [6.07, 6.45) is 6.83. The van der Waals surface area contributed by atoms with Gasteiger partial charge in [-0.1, -0.05) is 6.07 Å². The molecule has 202 valence electrons. The number of fused-ring (bicyclic) bond motifs is 2. The number of aromatic nitrogens is 5. The number of ether oxygens (including phenoxy) is 1. The number of carbonyl (C=O) groups is 2. The number of anilines is 3. The van der Waals surface area contributed by atoms with Crippen LogP contribution in [0.1, 0.15) is 28.2 Å². The molecule has 6 rings (SSSR count). The summed E-state index contributed by atoms with van der Waals surface area (Å²) >= 11 is 0. The monoisotopic (exact) mass is 536 g/mol. The molecule has 0 aliphatic carbocycles. The zero-order chi connectivity index (χ0) is 27.6. The van der Waals surface area contributed by atoms with E-state index >= 15 is 0 Å². The van der Waals surface area contributed by atoms with E-state index in [1.807, 2.05) is 53.0 Å². The smallest absolute Gasteiger partial charge is 0.269 e. The Balaban J connectivity index is 1.19. The largest absolute Gasteiger partial charge is 0.457 e. The summed E-state index contributed by atoms with van der Waals surface area (Å²) in [7, 11) is 3.50. The normalized spacial score (nSPS) is 12.4. The SMILES string of the molecule is CNC(=O)c1cc(Oc2ccc3c(c2)nc(Nc2ccc4c(c2)N(C(=O)CCc2c[nH]cn2)CC4)n3C)ccn1. The third-order valence-electron chi connectivity index (χ3n) is 6.97. The molecule has 0 radical (unpaired) electrons. The van der Waals surface area contributed by atoms with Gasteiger partial charge in [-0.15, -0.1) is 0 Å². The van der Waals surface area contributed by atoms with Crippen LogP contribution >= 0.6 is 0 Å². The molecule has 0 saturated heterocycles. The first-order valence-electron chi connectivity index (χ1n) is 13.0. The van der Waals surface area contributed by atoms with Gasteiger partial charge in [-0.25, -0.2) is 9.97 Å². The number of H-pyrrole nitrogens is 1. The summed E-state index contributed by atoms with van der Waals surface area (Å²) in [6.45, 7) is 0.676. The van der Waals surface area contributed by atoms with Gasteiger partial charge in [-0.2, -0.15) is 0 Å². The Bertz CT molecular complexity index is 1710. The first kappa shape index (κ1) is 25.1. The van der Waals surface area contributed by atoms with Gasteiger partial charge in [0.25, 0.3) is 5.91 Å². The Labute approximate surface area is 230 Å². The summed E-state index contributed by atoms with van der Waals surface area (Å²) in [5, 5.41) is 5.97. The van der Waals surface area contributed by atoms with E-state index in [1.54, 1.807) is 25.5 Å². The van der Waals surface area contributed by atoms with Crippen LogP contribution in [0.3, 0.4) is 0 Å². The van der Waals surface area contributed by atoms with Crippen molar-refractivity contribution in [3.8, 4) is 11.5 Å². The van der Waals surface area contributed by atoms with Gasteiger partial charge in [0.15, 0.2) is 0 Å². The van der Waals surface area contributed by atoms with E-state index in [-0.39, 0.29) is 17.5 Å². The summed E-state index contributed by atoms with van der Waals surface area (Å²) in [6, 6.07) is 15.0. The fourth-order valence-corrected chi connectivity index (χ4v) is 4.86. The highest BCUT2D eigenvalue weighted by atomic mass is 16.5. The van der Waals surface area contributed by atoms with E-state index < -0.39 is 0 Å². The van der Waals surface area contributed by atoms with Crippen molar-refractivity contribution >= 4 is 40.2 Å². The highest BCUT2D eigenvalue weighted by Gasteiger charge is 2.25. The van der Waals surface area contributed by atoms with Gasteiger partial charge < -0.3 is 29.8 Å². The number of nitrogens with one attached hydrogen (secondary N) is 3. The Hall–Kier alpha value is -5.19. The molecule has 2 aromatic carbocycles. The minimum atomic E-state index is -0.283. The molecule has 1 aliphatic rings. The standard InChI is InChI=1S/C29H28N8O3/c1-30-28(39)24-15-22(9-11-32-24)40-21-6-7-25-23(14-21)35-29(36(25)2)34-19-4-3-18-10-12-37(26(18)13-19)27(38)8-5-20-16-31-17-33-20/h3-4,6-7,9,11,13-17H,5,8,10,12H2,1-2H3,(H,30,39)(H,31,33)(H,34,35). The number of rotatable bonds is 8. The van der Waals surface area contributed by atoms with Crippen LogP contribution in [0.15, 0.2) is 67.3 Å². The summed E-state index contributed by atoms with van der Waals surface area (Å²) < 4.78 is 7.95. The molecule has 0 bridgehead atoms. The minimum Gasteiger partial charge on any atom is -0.457 e. The Morgan fingerprint density at radius 3 is 2.77 bits per heavy atom. The molecular weight excluding hydrogens is 508 g/mol. The molecule has 5 aromatic rings. The van der Waals surface area contributed by atoms with Crippen LogP contribution in [-0.2, 0) is 24.7 Å². The predicted molar refractivity (Wildman–Crippen MR) is 151 cm³/mol. The number of hydrogen-bond donors (Lipinski definition) is 3. The second kappa shape index (κ2) is 10.5. The van der Waals surface area contributed by atoms with Gasteiger partial charge in [0.2, 0.25) is 11.9 Å². The van der Waals surface area contributed by atoms with E-state index in [4.69, 9.17) is 9.72 Å². The Morgan fingerprint density at radius 2 is 1.95 bits per heavy atom. The lowest BCUT2D eigenvalue weighted by atomic mass is 10.1. The molecule has 3 aromatic heterocycles. The van der Waals surface area contributed by atoms with Crippen molar-refractivity contribution in [2.24, 2.45) is 7.05 Å². The molecule has 0 saturated carbocycles. The predicted octanol–water partition coefficient (Wildman–Crippen LogP) is 4.11. The number of aryl methyl sites for hydroxylation is 2. The zero-order valence-corrected chi connectivity index (χ0v) is 22.1. The van der Waals surface area contributed by atoms with Crippen LogP contribution in [0, 0.1) is 0 Å². The first-order chi connectivity index (χ1) is 19.5. The van der Waals surface area contributed by atoms with Crippen LogP contribution in [0.4, 0.5) is 17.3 Å². The summed E-state index contributed by atoms with van der Waals surface area (Å²) in [4.78, 5) is 42.7. The van der Waals surface area contributed by atoms with Crippen molar-refractivity contribution in [2.45, 2.75) is 19.3 Å². The van der Waals surface area contributed by atoms with Crippen LogP contribution in [-0.4, -0.2) is 49.9 Å². The summed E-state index contributed by atoms with van der Waals surface area (Å²) in [5.74, 6) is 1.56. The van der Waals surface area contributed by atoms with Crippen LogP contribution in [0.5, 0.6) is 11.5 Å². The van der Waals surface area contributed by atoms with Crippen LogP contribution in [0.2, 0.25) is 0 Å². The quantitative estimate of drug-likeness (QED) is 0.272.